The molecule has 21 heavy (non-hydrogen) atoms. The molecule has 110 valence electrons. The maximum Gasteiger partial charge on any atom is 0.227 e. The molecule has 0 aromatic heterocycles. The topological polar surface area (TPSA) is 58.6 Å². The molecule has 2 aromatic rings. The number of hydrogen-bond donors (Lipinski definition) is 2. The van der Waals surface area contributed by atoms with Crippen molar-refractivity contribution in [2.24, 2.45) is 0 Å². The molecule has 1 amide bonds. The largest absolute Gasteiger partial charge is 0.495 e. The van der Waals surface area contributed by atoms with E-state index in [0.717, 1.165) is 0 Å². The van der Waals surface area contributed by atoms with Crippen LogP contribution in [0.3, 0.4) is 0 Å². The average molecular weight is 289 g/mol. The lowest BCUT2D eigenvalue weighted by Gasteiger charge is -2.13. The maximum atomic E-state index is 13.2. The van der Waals surface area contributed by atoms with Crippen molar-refractivity contribution < 1.29 is 19.0 Å². The SMILES string of the molecule is COc1ccc(F)cc1NC(=O)CC(O)c1ccccc1. The van der Waals surface area contributed by atoms with Gasteiger partial charge in [-0.05, 0) is 17.7 Å². The monoisotopic (exact) mass is 289 g/mol. The Morgan fingerprint density at radius 3 is 2.67 bits per heavy atom. The molecule has 5 heteroatoms. The van der Waals surface area contributed by atoms with E-state index in [4.69, 9.17) is 4.74 Å². The van der Waals surface area contributed by atoms with Crippen LogP contribution in [-0.4, -0.2) is 18.1 Å². The Bertz CT molecular complexity index is 616. The summed E-state index contributed by atoms with van der Waals surface area (Å²) in [7, 11) is 1.43. The van der Waals surface area contributed by atoms with Crippen LogP contribution in [-0.2, 0) is 4.79 Å². The lowest BCUT2D eigenvalue weighted by molar-refractivity contribution is -0.118. The molecule has 2 rings (SSSR count). The Morgan fingerprint density at radius 1 is 1.29 bits per heavy atom. The predicted octanol–water partition coefficient (Wildman–Crippen LogP) is 2.90. The summed E-state index contributed by atoms with van der Waals surface area (Å²) in [4.78, 5) is 11.9. The second kappa shape index (κ2) is 6.85. The highest BCUT2D eigenvalue weighted by Gasteiger charge is 2.14. The summed E-state index contributed by atoms with van der Waals surface area (Å²) in [5.74, 6) is -0.538. The first-order valence-electron chi connectivity index (χ1n) is 6.46. The van der Waals surface area contributed by atoms with Crippen LogP contribution in [0.5, 0.6) is 5.75 Å². The van der Waals surface area contributed by atoms with Crippen molar-refractivity contribution >= 4 is 11.6 Å². The summed E-state index contributed by atoms with van der Waals surface area (Å²) < 4.78 is 18.3. The summed E-state index contributed by atoms with van der Waals surface area (Å²) in [5.41, 5.74) is 0.890. The van der Waals surface area contributed by atoms with E-state index in [1.54, 1.807) is 24.3 Å². The number of hydrogen-bond acceptors (Lipinski definition) is 3. The Hall–Kier alpha value is -2.40. The molecule has 0 bridgehead atoms. The predicted molar refractivity (Wildman–Crippen MR) is 77.6 cm³/mol. The summed E-state index contributed by atoms with van der Waals surface area (Å²) in [6.45, 7) is 0. The summed E-state index contributed by atoms with van der Waals surface area (Å²) in [5, 5.41) is 12.5. The smallest absolute Gasteiger partial charge is 0.227 e. The normalized spacial score (nSPS) is 11.8. The van der Waals surface area contributed by atoms with Crippen LogP contribution in [0, 0.1) is 5.82 Å². The van der Waals surface area contributed by atoms with E-state index >= 15 is 0 Å². The van der Waals surface area contributed by atoms with Gasteiger partial charge in [-0.15, -0.1) is 0 Å². The van der Waals surface area contributed by atoms with Crippen molar-refractivity contribution in [2.45, 2.75) is 12.5 Å². The van der Waals surface area contributed by atoms with E-state index in [1.165, 1.54) is 25.3 Å². The molecular weight excluding hydrogens is 273 g/mol. The van der Waals surface area contributed by atoms with Gasteiger partial charge in [0.25, 0.3) is 0 Å². The van der Waals surface area contributed by atoms with Gasteiger partial charge in [-0.3, -0.25) is 4.79 Å². The Balaban J connectivity index is 2.04. The van der Waals surface area contributed by atoms with E-state index in [-0.39, 0.29) is 12.1 Å². The molecule has 0 saturated carbocycles. The molecule has 2 aromatic carbocycles. The van der Waals surface area contributed by atoms with E-state index in [9.17, 15) is 14.3 Å². The van der Waals surface area contributed by atoms with Crippen LogP contribution in [0.4, 0.5) is 10.1 Å². The maximum absolute atomic E-state index is 13.2. The van der Waals surface area contributed by atoms with Crippen LogP contribution in [0.2, 0.25) is 0 Å². The first-order valence-corrected chi connectivity index (χ1v) is 6.46. The number of aliphatic hydroxyl groups excluding tert-OH is 1. The first-order chi connectivity index (χ1) is 10.1. The van der Waals surface area contributed by atoms with Gasteiger partial charge in [0, 0.05) is 6.07 Å². The van der Waals surface area contributed by atoms with Gasteiger partial charge in [-0.2, -0.15) is 0 Å². The minimum Gasteiger partial charge on any atom is -0.495 e. The van der Waals surface area contributed by atoms with Crippen molar-refractivity contribution in [3.05, 3.63) is 59.9 Å². The number of anilines is 1. The molecule has 0 aliphatic rings. The molecule has 0 fully saturated rings. The minimum absolute atomic E-state index is 0.121. The molecule has 1 unspecified atom stereocenters. The quantitative estimate of drug-likeness (QED) is 0.889. The number of carbonyl (C=O) groups excluding carboxylic acids is 1. The van der Waals surface area contributed by atoms with Gasteiger partial charge in [0.1, 0.15) is 11.6 Å². The number of halogens is 1. The number of nitrogens with one attached hydrogen (secondary N) is 1. The third-order valence-corrected chi connectivity index (χ3v) is 3.00. The van der Waals surface area contributed by atoms with Gasteiger partial charge in [-0.1, -0.05) is 30.3 Å². The number of aliphatic hydroxyl groups is 1. The zero-order valence-electron chi connectivity index (χ0n) is 11.5. The van der Waals surface area contributed by atoms with E-state index in [0.29, 0.717) is 11.3 Å². The summed E-state index contributed by atoms with van der Waals surface area (Å²) in [6.07, 6.45) is -1.03. The second-order valence-corrected chi connectivity index (χ2v) is 4.52. The molecule has 0 aliphatic carbocycles. The van der Waals surface area contributed by atoms with Crippen LogP contribution in [0.15, 0.2) is 48.5 Å². The molecule has 4 nitrogen and oxygen atoms in total. The first kappa shape index (κ1) is 15.0. The lowest BCUT2D eigenvalue weighted by Crippen LogP contribution is -2.16. The molecule has 2 N–H and O–H groups in total. The van der Waals surface area contributed by atoms with Gasteiger partial charge in [0.15, 0.2) is 0 Å². The third kappa shape index (κ3) is 4.03. The van der Waals surface area contributed by atoms with Crippen LogP contribution in [0.1, 0.15) is 18.1 Å². The average Bonchev–Trinajstić information content (AvgIpc) is 2.48. The zero-order chi connectivity index (χ0) is 15.2. The highest BCUT2D eigenvalue weighted by Crippen LogP contribution is 2.26. The molecule has 1 atom stereocenters. The number of rotatable bonds is 5. The van der Waals surface area contributed by atoms with Crippen molar-refractivity contribution in [3.63, 3.8) is 0 Å². The van der Waals surface area contributed by atoms with Gasteiger partial charge in [-0.25, -0.2) is 4.39 Å². The third-order valence-electron chi connectivity index (χ3n) is 3.00. The minimum atomic E-state index is -0.911. The fourth-order valence-electron chi connectivity index (χ4n) is 1.95. The van der Waals surface area contributed by atoms with E-state index in [1.807, 2.05) is 6.07 Å². The fourth-order valence-corrected chi connectivity index (χ4v) is 1.95. The Labute approximate surface area is 122 Å². The highest BCUT2D eigenvalue weighted by molar-refractivity contribution is 5.92. The Kier molecular flexibility index (Phi) is 4.90. The van der Waals surface area contributed by atoms with Crippen molar-refractivity contribution in [2.75, 3.05) is 12.4 Å². The second-order valence-electron chi connectivity index (χ2n) is 4.52. The van der Waals surface area contributed by atoms with Crippen LogP contribution >= 0.6 is 0 Å². The van der Waals surface area contributed by atoms with E-state index in [2.05, 4.69) is 5.32 Å². The van der Waals surface area contributed by atoms with Crippen LogP contribution < -0.4 is 10.1 Å². The molecule has 0 heterocycles. The van der Waals surface area contributed by atoms with Gasteiger partial charge in [0.2, 0.25) is 5.91 Å². The fraction of sp³-hybridized carbons (Fsp3) is 0.188. The molecule has 0 saturated heterocycles. The standard InChI is InChI=1S/C16H16FNO3/c1-21-15-8-7-12(17)9-13(15)18-16(20)10-14(19)11-5-3-2-4-6-11/h2-9,14,19H,10H2,1H3,(H,18,20). The molecule has 0 aliphatic heterocycles. The van der Waals surface area contributed by atoms with E-state index < -0.39 is 17.8 Å². The van der Waals surface area contributed by atoms with Crippen molar-refractivity contribution in [1.29, 1.82) is 0 Å². The number of ether oxygens (including phenoxy) is 1. The molecule has 0 spiro atoms. The number of methoxy groups -OCH3 is 1. The zero-order valence-corrected chi connectivity index (χ0v) is 11.5. The Morgan fingerprint density at radius 2 is 2.00 bits per heavy atom. The van der Waals surface area contributed by atoms with Crippen molar-refractivity contribution in [1.82, 2.24) is 0 Å². The number of benzene rings is 2. The number of amides is 1. The van der Waals surface area contributed by atoms with Crippen LogP contribution in [0.25, 0.3) is 0 Å². The number of carbonyl (C=O) groups is 1. The highest BCUT2D eigenvalue weighted by atomic mass is 19.1. The molecular formula is C16H16FNO3. The van der Waals surface area contributed by atoms with Gasteiger partial charge in [0.05, 0.1) is 25.3 Å². The molecule has 0 radical (unpaired) electrons. The van der Waals surface area contributed by atoms with Crippen molar-refractivity contribution in [3.8, 4) is 5.75 Å². The lowest BCUT2D eigenvalue weighted by atomic mass is 10.1. The summed E-state index contributed by atoms with van der Waals surface area (Å²) in [6, 6.07) is 12.7. The van der Waals surface area contributed by atoms with Gasteiger partial charge >= 0.3 is 0 Å². The summed E-state index contributed by atoms with van der Waals surface area (Å²) >= 11 is 0. The van der Waals surface area contributed by atoms with Gasteiger partial charge < -0.3 is 15.2 Å².